The van der Waals surface area contributed by atoms with Gasteiger partial charge in [-0.3, -0.25) is 9.88 Å². The first-order valence-corrected chi connectivity index (χ1v) is 10.2. The van der Waals surface area contributed by atoms with Crippen LogP contribution in [0.3, 0.4) is 0 Å². The molecule has 3 rings (SSSR count). The van der Waals surface area contributed by atoms with E-state index in [-0.39, 0.29) is 15.8 Å². The van der Waals surface area contributed by atoms with Gasteiger partial charge in [-0.1, -0.05) is 36.4 Å². The number of pyridine rings is 1. The Morgan fingerprint density at radius 1 is 0.923 bits per heavy atom. The van der Waals surface area contributed by atoms with Crippen molar-refractivity contribution in [2.75, 3.05) is 7.05 Å². The van der Waals surface area contributed by atoms with Gasteiger partial charge >= 0.3 is 0 Å². The molecule has 0 saturated heterocycles. The Kier molecular flexibility index (Phi) is 5.12. The first-order valence-electron chi connectivity index (χ1n) is 8.73. The van der Waals surface area contributed by atoms with E-state index in [1.807, 2.05) is 12.1 Å². The number of hydrogen-bond donors (Lipinski definition) is 0. The molecule has 0 spiro atoms. The fourth-order valence-electron chi connectivity index (χ4n) is 3.05. The highest BCUT2D eigenvalue weighted by molar-refractivity contribution is 7.91. The highest BCUT2D eigenvalue weighted by Gasteiger charge is 2.21. The molecule has 5 heteroatoms. The van der Waals surface area contributed by atoms with Gasteiger partial charge in [0.2, 0.25) is 9.84 Å². The SMILES string of the molecule is CC(C)N(C)C(C)c1cccc2cc(S(=O)(=O)c3ccccc3)cnc12. The van der Waals surface area contributed by atoms with Gasteiger partial charge in [0.05, 0.1) is 15.3 Å². The van der Waals surface area contributed by atoms with Crippen LogP contribution in [-0.2, 0) is 9.84 Å². The molecule has 1 heterocycles. The van der Waals surface area contributed by atoms with E-state index in [1.165, 1.54) is 6.20 Å². The van der Waals surface area contributed by atoms with Crippen LogP contribution in [0.5, 0.6) is 0 Å². The topological polar surface area (TPSA) is 50.3 Å². The van der Waals surface area contributed by atoms with Gasteiger partial charge in [0.15, 0.2) is 0 Å². The number of rotatable bonds is 5. The van der Waals surface area contributed by atoms with Crippen molar-refractivity contribution >= 4 is 20.7 Å². The first-order chi connectivity index (χ1) is 12.3. The summed E-state index contributed by atoms with van der Waals surface area (Å²) in [6, 6.07) is 16.7. The minimum Gasteiger partial charge on any atom is -0.297 e. The quantitative estimate of drug-likeness (QED) is 0.667. The second-order valence-corrected chi connectivity index (χ2v) is 8.79. The summed E-state index contributed by atoms with van der Waals surface area (Å²) in [6.45, 7) is 6.45. The molecule has 0 N–H and O–H groups in total. The summed E-state index contributed by atoms with van der Waals surface area (Å²) in [5.74, 6) is 0. The van der Waals surface area contributed by atoms with Gasteiger partial charge in [-0.2, -0.15) is 0 Å². The van der Waals surface area contributed by atoms with Crippen LogP contribution in [0.2, 0.25) is 0 Å². The van der Waals surface area contributed by atoms with Crippen molar-refractivity contribution in [2.24, 2.45) is 0 Å². The Labute approximate surface area is 155 Å². The average Bonchev–Trinajstić information content (AvgIpc) is 2.66. The van der Waals surface area contributed by atoms with Gasteiger partial charge in [0.25, 0.3) is 0 Å². The zero-order valence-electron chi connectivity index (χ0n) is 15.5. The molecule has 0 fully saturated rings. The zero-order chi connectivity index (χ0) is 18.9. The first kappa shape index (κ1) is 18.5. The lowest BCUT2D eigenvalue weighted by atomic mass is 10.0. The van der Waals surface area contributed by atoms with Crippen molar-refractivity contribution in [3.63, 3.8) is 0 Å². The van der Waals surface area contributed by atoms with Crippen molar-refractivity contribution in [3.8, 4) is 0 Å². The fraction of sp³-hybridized carbons (Fsp3) is 0.286. The van der Waals surface area contributed by atoms with Gasteiger partial charge < -0.3 is 0 Å². The van der Waals surface area contributed by atoms with Gasteiger partial charge in [-0.15, -0.1) is 0 Å². The third-order valence-corrected chi connectivity index (χ3v) is 6.69. The van der Waals surface area contributed by atoms with Crippen molar-refractivity contribution in [3.05, 3.63) is 66.4 Å². The number of sulfone groups is 1. The second kappa shape index (κ2) is 7.17. The lowest BCUT2D eigenvalue weighted by Gasteiger charge is -2.29. The lowest BCUT2D eigenvalue weighted by molar-refractivity contribution is 0.211. The van der Waals surface area contributed by atoms with Gasteiger partial charge in [-0.25, -0.2) is 8.42 Å². The molecular formula is C21H24N2O2S. The maximum atomic E-state index is 12.8. The molecule has 0 radical (unpaired) electrons. The Bertz CT molecular complexity index is 1010. The van der Waals surface area contributed by atoms with Crippen LogP contribution in [0.1, 0.15) is 32.4 Å². The van der Waals surface area contributed by atoms with Crippen LogP contribution < -0.4 is 0 Å². The third-order valence-electron chi connectivity index (χ3n) is 4.96. The standard InChI is InChI=1S/C21H24N2O2S/c1-15(2)23(4)16(3)20-12-8-9-17-13-19(14-22-21(17)20)26(24,25)18-10-6-5-7-11-18/h5-16H,1-4H3. The Hall–Kier alpha value is -2.24. The fourth-order valence-corrected chi connectivity index (χ4v) is 4.31. The molecule has 1 unspecified atom stereocenters. The average molecular weight is 369 g/mol. The van der Waals surface area contributed by atoms with Crippen molar-refractivity contribution in [1.29, 1.82) is 0 Å². The summed E-state index contributed by atoms with van der Waals surface area (Å²) in [5.41, 5.74) is 1.95. The summed E-state index contributed by atoms with van der Waals surface area (Å²) in [4.78, 5) is 7.30. The minimum absolute atomic E-state index is 0.183. The van der Waals surface area contributed by atoms with E-state index in [0.717, 1.165) is 16.5 Å². The maximum Gasteiger partial charge on any atom is 0.208 e. The van der Waals surface area contributed by atoms with E-state index < -0.39 is 9.84 Å². The minimum atomic E-state index is -3.57. The van der Waals surface area contributed by atoms with Crippen molar-refractivity contribution < 1.29 is 8.42 Å². The van der Waals surface area contributed by atoms with Crippen LogP contribution >= 0.6 is 0 Å². The van der Waals surface area contributed by atoms with E-state index in [9.17, 15) is 8.42 Å². The summed E-state index contributed by atoms with van der Waals surface area (Å²) in [5, 5.41) is 0.837. The van der Waals surface area contributed by atoms with E-state index in [2.05, 4.69) is 43.8 Å². The molecular weight excluding hydrogens is 344 g/mol. The van der Waals surface area contributed by atoms with Crippen LogP contribution in [-0.4, -0.2) is 31.4 Å². The highest BCUT2D eigenvalue weighted by Crippen LogP contribution is 2.29. The molecule has 0 aliphatic rings. The zero-order valence-corrected chi connectivity index (χ0v) is 16.4. The van der Waals surface area contributed by atoms with Gasteiger partial charge in [0.1, 0.15) is 0 Å². The number of benzene rings is 2. The van der Waals surface area contributed by atoms with Crippen molar-refractivity contribution in [1.82, 2.24) is 9.88 Å². The van der Waals surface area contributed by atoms with E-state index in [0.29, 0.717) is 6.04 Å². The maximum absolute atomic E-state index is 12.8. The molecule has 1 aromatic heterocycles. The molecule has 0 saturated carbocycles. The summed E-state index contributed by atoms with van der Waals surface area (Å²) in [7, 11) is -1.48. The molecule has 26 heavy (non-hydrogen) atoms. The number of para-hydroxylation sites is 1. The number of hydrogen-bond acceptors (Lipinski definition) is 4. The molecule has 0 aliphatic heterocycles. The molecule has 136 valence electrons. The Morgan fingerprint density at radius 2 is 1.62 bits per heavy atom. The van der Waals surface area contributed by atoms with E-state index >= 15 is 0 Å². The van der Waals surface area contributed by atoms with Crippen LogP contribution in [0.15, 0.2) is 70.6 Å². The molecule has 0 aliphatic carbocycles. The van der Waals surface area contributed by atoms with E-state index in [4.69, 9.17) is 0 Å². The van der Waals surface area contributed by atoms with Gasteiger partial charge in [0, 0.05) is 23.7 Å². The highest BCUT2D eigenvalue weighted by atomic mass is 32.2. The Balaban J connectivity index is 2.09. The smallest absolute Gasteiger partial charge is 0.208 e. The monoisotopic (exact) mass is 368 g/mol. The summed E-state index contributed by atoms with van der Waals surface area (Å²) < 4.78 is 25.7. The van der Waals surface area contributed by atoms with Crippen LogP contribution in [0, 0.1) is 0 Å². The molecule has 4 nitrogen and oxygen atoms in total. The molecule has 0 bridgehead atoms. The number of fused-ring (bicyclic) bond motifs is 1. The van der Waals surface area contributed by atoms with Crippen molar-refractivity contribution in [2.45, 2.75) is 42.6 Å². The lowest BCUT2D eigenvalue weighted by Crippen LogP contribution is -2.29. The predicted octanol–water partition coefficient (Wildman–Crippen LogP) is 4.47. The molecule has 2 aromatic carbocycles. The van der Waals surface area contributed by atoms with Crippen LogP contribution in [0.4, 0.5) is 0 Å². The molecule has 1 atom stereocenters. The second-order valence-electron chi connectivity index (χ2n) is 6.84. The third kappa shape index (κ3) is 3.37. The summed E-state index contributed by atoms with van der Waals surface area (Å²) in [6.07, 6.45) is 1.47. The van der Waals surface area contributed by atoms with Gasteiger partial charge in [-0.05, 0) is 51.6 Å². The van der Waals surface area contributed by atoms with E-state index in [1.54, 1.807) is 36.4 Å². The molecule has 0 amide bonds. The normalized spacial score (nSPS) is 13.5. The number of nitrogens with zero attached hydrogens (tertiary/aromatic N) is 2. The largest absolute Gasteiger partial charge is 0.297 e. The molecule has 3 aromatic rings. The predicted molar refractivity (Wildman–Crippen MR) is 105 cm³/mol. The van der Waals surface area contributed by atoms with Crippen LogP contribution in [0.25, 0.3) is 10.9 Å². The number of aromatic nitrogens is 1. The summed E-state index contributed by atoms with van der Waals surface area (Å²) >= 11 is 0. The Morgan fingerprint density at radius 3 is 2.27 bits per heavy atom.